The monoisotopic (exact) mass is 589 g/mol. The second kappa shape index (κ2) is 10.5. The van der Waals surface area contributed by atoms with Gasteiger partial charge in [-0.1, -0.05) is 48.6 Å². The number of hydrogen-bond acceptors (Lipinski definition) is 5. The molecule has 2 aromatic rings. The van der Waals surface area contributed by atoms with E-state index in [1.165, 1.54) is 17.4 Å². The third-order valence-electron chi connectivity index (χ3n) is 10.4. The maximum Gasteiger partial charge on any atom is 0.175 e. The molecule has 42 heavy (non-hydrogen) atoms. The van der Waals surface area contributed by atoms with Crippen LogP contribution in [0.1, 0.15) is 77.1 Å². The summed E-state index contributed by atoms with van der Waals surface area (Å²) >= 11 is 0. The van der Waals surface area contributed by atoms with E-state index < -0.39 is 34.8 Å². The zero-order valence-corrected chi connectivity index (χ0v) is 24.9. The summed E-state index contributed by atoms with van der Waals surface area (Å²) in [6.45, 7) is -3.59. The summed E-state index contributed by atoms with van der Waals surface area (Å²) in [6.07, 6.45) is 8.02. The number of carbonyl (C=O) groups is 1. The number of allylic oxidation sites excluding steroid dienone is 4. The Hall–Kier alpha value is -3.14. The third kappa shape index (κ3) is 4.95. The number of sulfone groups is 1. The van der Waals surface area contributed by atoms with Crippen LogP contribution >= 0.6 is 0 Å². The van der Waals surface area contributed by atoms with Gasteiger partial charge in [-0.2, -0.15) is 0 Å². The number of aliphatic hydroxyl groups is 1. The van der Waals surface area contributed by atoms with E-state index in [4.69, 9.17) is 8.22 Å². The molecule has 0 amide bonds. The number of rotatable bonds is 4. The van der Waals surface area contributed by atoms with Crippen LogP contribution in [0.2, 0.25) is 0 Å². The van der Waals surface area contributed by atoms with E-state index in [1.807, 2.05) is 12.1 Å². The van der Waals surface area contributed by atoms with Crippen LogP contribution in [-0.4, -0.2) is 45.1 Å². The maximum absolute atomic E-state index is 12.4. The molecule has 0 spiro atoms. The van der Waals surface area contributed by atoms with Crippen LogP contribution in [0, 0.1) is 29.1 Å². The molecule has 0 aliphatic heterocycles. The number of carbonyl (C=O) groups excluding carboxylic acids is 1. The molecule has 0 aromatic heterocycles. The first kappa shape index (κ1) is 22.4. The molecule has 5 atom stereocenters. The van der Waals surface area contributed by atoms with Crippen LogP contribution in [0.25, 0.3) is 0 Å². The molecule has 0 unspecified atom stereocenters. The fourth-order valence-corrected chi connectivity index (χ4v) is 8.80. The Morgan fingerprint density at radius 1 is 1.05 bits per heavy atom. The number of nitrogens with zero attached hydrogens (tertiary/aromatic N) is 1. The van der Waals surface area contributed by atoms with Gasteiger partial charge in [0, 0.05) is 58.3 Å². The molecule has 2 saturated carbocycles. The molecule has 4 aliphatic carbocycles. The average molecular weight is 590 g/mol. The van der Waals surface area contributed by atoms with Crippen molar-refractivity contribution in [2.45, 2.75) is 74.7 Å². The van der Waals surface area contributed by atoms with Gasteiger partial charge in [-0.05, 0) is 103 Å². The Bertz CT molecular complexity index is 1840. The van der Waals surface area contributed by atoms with E-state index in [-0.39, 0.29) is 34.1 Å². The van der Waals surface area contributed by atoms with Crippen molar-refractivity contribution in [2.75, 3.05) is 25.1 Å². The average Bonchev–Trinajstić information content (AvgIpc) is 3.25. The van der Waals surface area contributed by atoms with Crippen LogP contribution in [0.5, 0.6) is 0 Å². The van der Waals surface area contributed by atoms with Gasteiger partial charge in [-0.25, -0.2) is 8.42 Å². The molecule has 2 fully saturated rings. The quantitative estimate of drug-likeness (QED) is 0.441. The van der Waals surface area contributed by atoms with Crippen molar-refractivity contribution < 1.29 is 26.5 Å². The van der Waals surface area contributed by atoms with E-state index >= 15 is 0 Å². The Balaban J connectivity index is 1.38. The van der Waals surface area contributed by atoms with Gasteiger partial charge in [-0.3, -0.25) is 4.79 Å². The molecule has 0 heterocycles. The van der Waals surface area contributed by atoms with Gasteiger partial charge in [0.1, 0.15) is 5.60 Å². The number of fused-ring (bicyclic) bond motifs is 4. The third-order valence-corrected chi connectivity index (χ3v) is 11.5. The topological polar surface area (TPSA) is 74.7 Å². The van der Waals surface area contributed by atoms with Crippen molar-refractivity contribution in [3.05, 3.63) is 82.5 Å². The van der Waals surface area contributed by atoms with E-state index in [1.54, 1.807) is 42.5 Å². The van der Waals surface area contributed by atoms with Crippen LogP contribution in [0.4, 0.5) is 5.69 Å². The number of ketones is 1. The minimum absolute atomic E-state index is 0.0770. The highest BCUT2D eigenvalue weighted by molar-refractivity contribution is 7.90. The highest BCUT2D eigenvalue weighted by atomic mass is 32.2. The smallest absolute Gasteiger partial charge is 0.175 e. The summed E-state index contributed by atoms with van der Waals surface area (Å²) in [7, 11) is -3.30. The largest absolute Gasteiger partial charge is 0.378 e. The summed E-state index contributed by atoms with van der Waals surface area (Å²) in [4.78, 5) is 13.1. The van der Waals surface area contributed by atoms with Crippen LogP contribution in [0.3, 0.4) is 0 Å². The highest BCUT2D eigenvalue weighted by Gasteiger charge is 2.62. The Morgan fingerprint density at radius 2 is 1.79 bits per heavy atom. The first-order valence-electron chi connectivity index (χ1n) is 17.7. The fraction of sp³-hybridized carbons (Fsp3) is 0.472. The second-order valence-electron chi connectivity index (χ2n) is 12.7. The molecule has 220 valence electrons. The van der Waals surface area contributed by atoms with Gasteiger partial charge in [0.25, 0.3) is 0 Å². The summed E-state index contributed by atoms with van der Waals surface area (Å²) in [5, 5.41) is 12.3. The molecule has 0 bridgehead atoms. The van der Waals surface area contributed by atoms with Crippen molar-refractivity contribution in [2.24, 2.45) is 17.3 Å². The molecule has 0 saturated heterocycles. The van der Waals surface area contributed by atoms with E-state index in [2.05, 4.69) is 18.8 Å². The lowest BCUT2D eigenvalue weighted by Crippen LogP contribution is -2.51. The molecule has 5 nitrogen and oxygen atoms in total. The molecule has 6 heteroatoms. The van der Waals surface area contributed by atoms with Gasteiger partial charge in [-0.15, -0.1) is 0 Å². The van der Waals surface area contributed by atoms with Crippen molar-refractivity contribution in [1.29, 1.82) is 0 Å². The van der Waals surface area contributed by atoms with Crippen molar-refractivity contribution in [1.82, 2.24) is 0 Å². The number of hydrogen-bond donors (Lipinski definition) is 1. The first-order valence-corrected chi connectivity index (χ1v) is 16.6. The lowest BCUT2D eigenvalue weighted by molar-refractivity contribution is -0.114. The minimum atomic E-state index is -3.30. The maximum atomic E-state index is 12.4. The summed E-state index contributed by atoms with van der Waals surface area (Å²) in [5.41, 5.74) is 3.61. The normalized spacial score (nSPS) is 33.2. The predicted octanol–water partition coefficient (Wildman–Crippen LogP) is 6.03. The van der Waals surface area contributed by atoms with Gasteiger partial charge < -0.3 is 10.0 Å². The van der Waals surface area contributed by atoms with E-state index in [9.17, 15) is 18.3 Å². The second-order valence-corrected chi connectivity index (χ2v) is 14.7. The number of anilines is 1. The van der Waals surface area contributed by atoms with Crippen molar-refractivity contribution >= 4 is 21.3 Å². The van der Waals surface area contributed by atoms with E-state index in [0.29, 0.717) is 37.0 Å². The first-order chi connectivity index (χ1) is 22.3. The van der Waals surface area contributed by atoms with Crippen molar-refractivity contribution in [3.63, 3.8) is 0 Å². The molecular weight excluding hydrogens is 542 g/mol. The van der Waals surface area contributed by atoms with Crippen molar-refractivity contribution in [3.8, 4) is 11.8 Å². The molecular formula is C36H41NO4S. The SMILES string of the molecule is [2H]C([2H])([2H])N(c1ccc([C@H]2C[C@@]3(C)[C@@H](CC[C@@]3(O)C#CCc3ccc(S(C)(=O)=O)cc3)[C@@H]3CCC4=CC(=O)CCC4=C32)cc1)C([2H])([2H])[2H]. The fourth-order valence-electron chi connectivity index (χ4n) is 8.17. The Kier molecular flexibility index (Phi) is 5.62. The molecule has 6 rings (SSSR count). The zero-order valence-electron chi connectivity index (χ0n) is 30.1. The lowest BCUT2D eigenvalue weighted by Gasteiger charge is -2.53. The lowest BCUT2D eigenvalue weighted by atomic mass is 9.51. The molecule has 4 aliphatic rings. The Labute approximate surface area is 259 Å². The summed E-state index contributed by atoms with van der Waals surface area (Å²) in [5.74, 6) is 6.81. The number of benzene rings is 2. The Morgan fingerprint density at radius 3 is 2.48 bits per heavy atom. The minimum Gasteiger partial charge on any atom is -0.378 e. The van der Waals surface area contributed by atoms with Gasteiger partial charge in [0.15, 0.2) is 15.6 Å². The molecule has 1 N–H and O–H groups in total. The highest BCUT2D eigenvalue weighted by Crippen LogP contribution is 2.66. The molecule has 0 radical (unpaired) electrons. The predicted molar refractivity (Wildman–Crippen MR) is 167 cm³/mol. The van der Waals surface area contributed by atoms with Gasteiger partial charge >= 0.3 is 0 Å². The van der Waals surface area contributed by atoms with Gasteiger partial charge in [0.2, 0.25) is 0 Å². The zero-order chi connectivity index (χ0) is 34.9. The standard InChI is InChI=1S/C36H41NO4S/c1-35-23-32(25-9-12-27(13-10-25)37(2)3)34-30-18-14-28(38)22-26(30)11-17-31(34)33(35)19-21-36(35,39)20-5-6-24-7-15-29(16-8-24)42(4,40)41/h7-10,12-13,15-16,22,31-33,39H,6,11,14,17-19,21,23H2,1-4H3/t31-,32+,33-,35-,36-/m0/s1/i2D3,3D3. The van der Waals surface area contributed by atoms with Crippen LogP contribution in [0.15, 0.2) is 76.2 Å². The molecule has 2 aromatic carbocycles. The summed E-state index contributed by atoms with van der Waals surface area (Å²) < 4.78 is 70.9. The van der Waals surface area contributed by atoms with Gasteiger partial charge in [0.05, 0.1) is 4.90 Å². The van der Waals surface area contributed by atoms with Crippen LogP contribution < -0.4 is 4.90 Å². The summed E-state index contributed by atoms with van der Waals surface area (Å²) in [6, 6.07) is 13.4. The van der Waals surface area contributed by atoms with Crippen LogP contribution in [-0.2, 0) is 21.1 Å². The van der Waals surface area contributed by atoms with E-state index in [0.717, 1.165) is 36.0 Å².